The third-order valence-corrected chi connectivity index (χ3v) is 2.96. The molecule has 0 nitrogen and oxygen atoms in total. The summed E-state index contributed by atoms with van der Waals surface area (Å²) in [5.74, 6) is -0.178. The second kappa shape index (κ2) is 4.96. The summed E-state index contributed by atoms with van der Waals surface area (Å²) in [5, 5.41) is 0. The van der Waals surface area contributed by atoms with Crippen LogP contribution in [0.25, 0.3) is 16.7 Å². The molecule has 0 aromatic heterocycles. The minimum Gasteiger partial charge on any atom is -0.206 e. The van der Waals surface area contributed by atoms with E-state index in [1.54, 1.807) is 12.1 Å². The summed E-state index contributed by atoms with van der Waals surface area (Å²) in [5.41, 5.74) is 3.96. The fourth-order valence-corrected chi connectivity index (χ4v) is 1.77. The van der Waals surface area contributed by atoms with E-state index in [2.05, 4.69) is 13.0 Å². The first-order valence-corrected chi connectivity index (χ1v) is 5.70. The highest BCUT2D eigenvalue weighted by Gasteiger charge is 2.03. The van der Waals surface area contributed by atoms with Gasteiger partial charge in [0.15, 0.2) is 0 Å². The predicted octanol–water partition coefficient (Wildman–Crippen LogP) is 4.92. The van der Waals surface area contributed by atoms with Crippen molar-refractivity contribution in [3.05, 3.63) is 66.0 Å². The van der Waals surface area contributed by atoms with Crippen molar-refractivity contribution in [2.75, 3.05) is 0 Å². The molecule has 0 aliphatic rings. The van der Waals surface area contributed by atoms with Gasteiger partial charge in [-0.2, -0.15) is 0 Å². The first-order valence-electron chi connectivity index (χ1n) is 5.70. The van der Waals surface area contributed by atoms with Crippen molar-refractivity contribution in [2.24, 2.45) is 0 Å². The summed E-state index contributed by atoms with van der Waals surface area (Å²) < 4.78 is 13.6. The van der Waals surface area contributed by atoms with E-state index in [1.165, 1.54) is 17.2 Å². The molecule has 0 atom stereocenters. The molecule has 0 unspecified atom stereocenters. The topological polar surface area (TPSA) is 0 Å². The quantitative estimate of drug-likeness (QED) is 0.682. The lowest BCUT2D eigenvalue weighted by Gasteiger charge is -2.05. The minimum atomic E-state index is -0.178. The lowest BCUT2D eigenvalue weighted by molar-refractivity contribution is 0.631. The van der Waals surface area contributed by atoms with Crippen molar-refractivity contribution < 1.29 is 4.39 Å². The van der Waals surface area contributed by atoms with Gasteiger partial charge in [-0.1, -0.05) is 48.5 Å². The normalized spacial score (nSPS) is 11.6. The first kappa shape index (κ1) is 11.6. The number of hydrogen-bond donors (Lipinski definition) is 0. The Bertz CT molecular complexity index is 536. The molecule has 0 amide bonds. The monoisotopic (exact) mass is 226 g/mol. The third kappa shape index (κ3) is 2.44. The van der Waals surface area contributed by atoms with Crippen molar-refractivity contribution in [3.63, 3.8) is 0 Å². The van der Waals surface area contributed by atoms with Gasteiger partial charge in [-0.3, -0.25) is 0 Å². The maximum Gasteiger partial charge on any atom is 0.131 e. The first-order chi connectivity index (χ1) is 8.22. The lowest BCUT2D eigenvalue weighted by Crippen LogP contribution is -1.84. The van der Waals surface area contributed by atoms with E-state index in [4.69, 9.17) is 0 Å². The summed E-state index contributed by atoms with van der Waals surface area (Å²) in [7, 11) is 0. The van der Waals surface area contributed by atoms with Crippen molar-refractivity contribution in [1.29, 1.82) is 0 Å². The molecule has 0 radical (unpaired) electrons. The number of rotatable bonds is 2. The van der Waals surface area contributed by atoms with Crippen molar-refractivity contribution in [3.8, 4) is 11.1 Å². The van der Waals surface area contributed by atoms with Crippen LogP contribution in [0.3, 0.4) is 0 Å². The SMILES string of the molecule is CC=C(C)c1ccc(-c2ccccc2F)cc1. The Balaban J connectivity index is 2.40. The summed E-state index contributed by atoms with van der Waals surface area (Å²) in [6, 6.07) is 14.8. The Kier molecular flexibility index (Phi) is 3.38. The van der Waals surface area contributed by atoms with Crippen LogP contribution >= 0.6 is 0 Å². The van der Waals surface area contributed by atoms with Crippen LogP contribution in [0.5, 0.6) is 0 Å². The lowest BCUT2D eigenvalue weighted by atomic mass is 10.0. The highest BCUT2D eigenvalue weighted by Crippen LogP contribution is 2.24. The minimum absolute atomic E-state index is 0.178. The van der Waals surface area contributed by atoms with Gasteiger partial charge in [0.2, 0.25) is 0 Å². The van der Waals surface area contributed by atoms with Gasteiger partial charge in [0.05, 0.1) is 0 Å². The van der Waals surface area contributed by atoms with Crippen LogP contribution in [-0.4, -0.2) is 0 Å². The molecule has 0 aliphatic heterocycles. The number of halogens is 1. The molecule has 0 fully saturated rings. The number of allylic oxidation sites excluding steroid dienone is 2. The summed E-state index contributed by atoms with van der Waals surface area (Å²) in [6.45, 7) is 4.08. The molecule has 0 spiro atoms. The average Bonchev–Trinajstić information content (AvgIpc) is 2.39. The predicted molar refractivity (Wildman–Crippen MR) is 71.2 cm³/mol. The van der Waals surface area contributed by atoms with Gasteiger partial charge in [0, 0.05) is 5.56 Å². The summed E-state index contributed by atoms with van der Waals surface area (Å²) >= 11 is 0. The molecule has 2 aromatic rings. The van der Waals surface area contributed by atoms with Gasteiger partial charge in [-0.25, -0.2) is 4.39 Å². The Morgan fingerprint density at radius 3 is 2.24 bits per heavy atom. The average molecular weight is 226 g/mol. The highest BCUT2D eigenvalue weighted by atomic mass is 19.1. The van der Waals surface area contributed by atoms with Crippen LogP contribution in [0.4, 0.5) is 4.39 Å². The zero-order chi connectivity index (χ0) is 12.3. The molecule has 0 aliphatic carbocycles. The van der Waals surface area contributed by atoms with E-state index in [-0.39, 0.29) is 5.82 Å². The maximum absolute atomic E-state index is 13.6. The van der Waals surface area contributed by atoms with Gasteiger partial charge < -0.3 is 0 Å². The number of benzene rings is 2. The maximum atomic E-state index is 13.6. The van der Waals surface area contributed by atoms with Gasteiger partial charge in [0.25, 0.3) is 0 Å². The molecule has 0 bridgehead atoms. The molecular formula is C16H15F. The smallest absolute Gasteiger partial charge is 0.131 e. The fourth-order valence-electron chi connectivity index (χ4n) is 1.77. The van der Waals surface area contributed by atoms with Crippen LogP contribution < -0.4 is 0 Å². The standard InChI is InChI=1S/C16H15F/c1-3-12(2)13-8-10-14(11-9-13)15-6-4-5-7-16(15)17/h3-11H,1-2H3. The van der Waals surface area contributed by atoms with Crippen LogP contribution in [-0.2, 0) is 0 Å². The molecule has 0 saturated carbocycles. The van der Waals surface area contributed by atoms with Gasteiger partial charge in [-0.15, -0.1) is 0 Å². The van der Waals surface area contributed by atoms with Crippen molar-refractivity contribution >= 4 is 5.57 Å². The molecular weight excluding hydrogens is 211 g/mol. The van der Waals surface area contributed by atoms with Crippen molar-refractivity contribution in [1.82, 2.24) is 0 Å². The highest BCUT2D eigenvalue weighted by molar-refractivity contribution is 5.69. The molecule has 2 rings (SSSR count). The third-order valence-electron chi connectivity index (χ3n) is 2.96. The van der Waals surface area contributed by atoms with E-state index < -0.39 is 0 Å². The molecule has 2 aromatic carbocycles. The van der Waals surface area contributed by atoms with E-state index in [1.807, 2.05) is 37.3 Å². The summed E-state index contributed by atoms with van der Waals surface area (Å²) in [6.07, 6.45) is 2.07. The zero-order valence-corrected chi connectivity index (χ0v) is 10.1. The molecule has 1 heteroatoms. The molecule has 0 N–H and O–H groups in total. The van der Waals surface area contributed by atoms with E-state index in [9.17, 15) is 4.39 Å². The van der Waals surface area contributed by atoms with Crippen LogP contribution in [0, 0.1) is 5.82 Å². The summed E-state index contributed by atoms with van der Waals surface area (Å²) in [4.78, 5) is 0. The Morgan fingerprint density at radius 2 is 1.65 bits per heavy atom. The number of hydrogen-bond acceptors (Lipinski definition) is 0. The second-order valence-electron chi connectivity index (χ2n) is 4.03. The van der Waals surface area contributed by atoms with E-state index in [0.717, 1.165) is 5.56 Å². The van der Waals surface area contributed by atoms with Crippen LogP contribution in [0.1, 0.15) is 19.4 Å². The Morgan fingerprint density at radius 1 is 1.00 bits per heavy atom. The van der Waals surface area contributed by atoms with Crippen LogP contribution in [0.2, 0.25) is 0 Å². The largest absolute Gasteiger partial charge is 0.206 e. The molecule has 0 saturated heterocycles. The second-order valence-corrected chi connectivity index (χ2v) is 4.03. The molecule has 86 valence electrons. The van der Waals surface area contributed by atoms with Gasteiger partial charge in [0.1, 0.15) is 5.82 Å². The fraction of sp³-hybridized carbons (Fsp3) is 0.125. The molecule has 17 heavy (non-hydrogen) atoms. The van der Waals surface area contributed by atoms with Crippen molar-refractivity contribution in [2.45, 2.75) is 13.8 Å². The van der Waals surface area contributed by atoms with Gasteiger partial charge in [-0.05, 0) is 36.6 Å². The Hall–Kier alpha value is -1.89. The van der Waals surface area contributed by atoms with E-state index >= 15 is 0 Å². The van der Waals surface area contributed by atoms with Crippen LogP contribution in [0.15, 0.2) is 54.6 Å². The van der Waals surface area contributed by atoms with E-state index in [0.29, 0.717) is 5.56 Å². The van der Waals surface area contributed by atoms with Gasteiger partial charge >= 0.3 is 0 Å². The Labute approximate surface area is 101 Å². The molecule has 0 heterocycles. The zero-order valence-electron chi connectivity index (χ0n) is 10.1.